The lowest BCUT2D eigenvalue weighted by molar-refractivity contribution is 0.315. The molecule has 0 saturated heterocycles. The number of nitrogens with one attached hydrogen (secondary N) is 1. The van der Waals surface area contributed by atoms with Crippen LogP contribution in [-0.4, -0.2) is 25.1 Å². The van der Waals surface area contributed by atoms with Crippen LogP contribution >= 0.6 is 23.6 Å². The second kappa shape index (κ2) is 4.61. The van der Waals surface area contributed by atoms with Gasteiger partial charge in [0, 0.05) is 0 Å². The largest absolute Gasteiger partial charge is 0.265 e. The van der Waals surface area contributed by atoms with Crippen molar-refractivity contribution in [2.75, 3.05) is 0 Å². The lowest BCUT2D eigenvalue weighted by atomic mass is 10.2. The summed E-state index contributed by atoms with van der Waals surface area (Å²) in [4.78, 5) is 1.07. The fraction of sp³-hybridized carbons (Fsp3) is 0.0769. The summed E-state index contributed by atoms with van der Waals surface area (Å²) in [7, 11) is 0. The van der Waals surface area contributed by atoms with Crippen LogP contribution in [0.4, 0.5) is 0 Å². The van der Waals surface area contributed by atoms with Crippen molar-refractivity contribution >= 4 is 34.6 Å². The summed E-state index contributed by atoms with van der Waals surface area (Å²) >= 11 is 7.00. The first kappa shape index (κ1) is 12.4. The van der Waals surface area contributed by atoms with Crippen LogP contribution in [0, 0.1) is 11.7 Å². The highest BCUT2D eigenvalue weighted by Crippen LogP contribution is 2.31. The molecule has 21 heavy (non-hydrogen) atoms. The van der Waals surface area contributed by atoms with Crippen molar-refractivity contribution in [3.05, 3.63) is 40.0 Å². The van der Waals surface area contributed by atoms with Crippen molar-refractivity contribution in [1.82, 2.24) is 25.1 Å². The first-order valence-corrected chi connectivity index (χ1v) is 7.48. The first-order valence-electron chi connectivity index (χ1n) is 6.19. The third kappa shape index (κ3) is 1.83. The van der Waals surface area contributed by atoms with Crippen LogP contribution in [0.25, 0.3) is 27.4 Å². The molecule has 1 N–H and O–H groups in total. The van der Waals surface area contributed by atoms with Crippen molar-refractivity contribution in [2.45, 2.75) is 6.92 Å². The zero-order chi connectivity index (χ0) is 14.4. The highest BCUT2D eigenvalue weighted by atomic mass is 32.1. The van der Waals surface area contributed by atoms with E-state index in [0.29, 0.717) is 15.8 Å². The number of hydrogen-bond acceptors (Lipinski definition) is 6. The first-order chi connectivity index (χ1) is 10.3. The van der Waals surface area contributed by atoms with Crippen molar-refractivity contribution in [3.8, 4) is 16.4 Å². The fourth-order valence-electron chi connectivity index (χ4n) is 2.25. The van der Waals surface area contributed by atoms with Gasteiger partial charge in [-0.25, -0.2) is 4.63 Å². The molecule has 0 aliphatic carbocycles. The molecule has 6 nitrogen and oxygen atoms in total. The maximum absolute atomic E-state index is 5.38. The summed E-state index contributed by atoms with van der Waals surface area (Å²) in [5.41, 5.74) is 3.30. The maximum atomic E-state index is 5.38. The van der Waals surface area contributed by atoms with E-state index in [1.807, 2.05) is 35.1 Å². The SMILES string of the molecule is Cc1ccsc1-c1n[nH]c(=S)n1-c1cccc2nonc12. The van der Waals surface area contributed by atoms with Crippen LogP contribution in [-0.2, 0) is 0 Å². The number of nitrogens with zero attached hydrogens (tertiary/aromatic N) is 4. The van der Waals surface area contributed by atoms with Gasteiger partial charge in [0.2, 0.25) is 0 Å². The Labute approximate surface area is 128 Å². The molecule has 0 aliphatic heterocycles. The van der Waals surface area contributed by atoms with Gasteiger partial charge in [-0.2, -0.15) is 5.10 Å². The molecule has 4 rings (SSSR count). The van der Waals surface area contributed by atoms with E-state index < -0.39 is 0 Å². The van der Waals surface area contributed by atoms with Crippen LogP contribution in [0.3, 0.4) is 0 Å². The molecule has 3 aromatic heterocycles. The minimum Gasteiger partial charge on any atom is -0.265 e. The van der Waals surface area contributed by atoms with Gasteiger partial charge in [-0.05, 0) is 58.6 Å². The number of aromatic nitrogens is 5. The Morgan fingerprint density at radius 2 is 2.19 bits per heavy atom. The molecule has 0 bridgehead atoms. The summed E-state index contributed by atoms with van der Waals surface area (Å²) in [6.07, 6.45) is 0. The van der Waals surface area contributed by atoms with E-state index in [1.165, 1.54) is 0 Å². The molecule has 3 heterocycles. The van der Waals surface area contributed by atoms with E-state index in [9.17, 15) is 0 Å². The lowest BCUT2D eigenvalue weighted by Gasteiger charge is -2.06. The molecule has 4 aromatic rings. The van der Waals surface area contributed by atoms with Gasteiger partial charge in [0.05, 0.1) is 10.6 Å². The zero-order valence-electron chi connectivity index (χ0n) is 10.9. The molecule has 0 saturated carbocycles. The van der Waals surface area contributed by atoms with Gasteiger partial charge in [0.15, 0.2) is 16.1 Å². The highest BCUT2D eigenvalue weighted by Gasteiger charge is 2.17. The summed E-state index contributed by atoms with van der Waals surface area (Å²) < 4.78 is 7.19. The lowest BCUT2D eigenvalue weighted by Crippen LogP contribution is -1.98. The second-order valence-corrected chi connectivity index (χ2v) is 5.83. The van der Waals surface area contributed by atoms with Crippen molar-refractivity contribution in [1.29, 1.82) is 0 Å². The molecular weight excluding hydrogens is 306 g/mol. The Morgan fingerprint density at radius 1 is 1.29 bits per heavy atom. The van der Waals surface area contributed by atoms with E-state index in [0.717, 1.165) is 22.0 Å². The quantitative estimate of drug-likeness (QED) is 0.573. The minimum absolute atomic E-state index is 0.508. The molecule has 1 aromatic carbocycles. The zero-order valence-corrected chi connectivity index (χ0v) is 12.5. The molecule has 0 unspecified atom stereocenters. The van der Waals surface area contributed by atoms with Crippen LogP contribution in [0.15, 0.2) is 34.3 Å². The number of aryl methyl sites for hydroxylation is 1. The van der Waals surface area contributed by atoms with Gasteiger partial charge in [-0.3, -0.25) is 9.67 Å². The molecule has 0 aliphatic rings. The van der Waals surface area contributed by atoms with E-state index >= 15 is 0 Å². The van der Waals surface area contributed by atoms with Crippen LogP contribution in [0.2, 0.25) is 0 Å². The number of H-pyrrole nitrogens is 1. The summed E-state index contributed by atoms with van der Waals surface area (Å²) in [5.74, 6) is 0.767. The molecule has 104 valence electrons. The topological polar surface area (TPSA) is 72.5 Å². The van der Waals surface area contributed by atoms with Gasteiger partial charge in [0.1, 0.15) is 5.52 Å². The second-order valence-electron chi connectivity index (χ2n) is 4.53. The molecule has 0 radical (unpaired) electrons. The third-order valence-corrected chi connectivity index (χ3v) is 4.53. The summed E-state index contributed by atoms with van der Waals surface area (Å²) in [5, 5.41) is 17.1. The predicted octanol–water partition coefficient (Wildman–Crippen LogP) is 3.50. The monoisotopic (exact) mass is 315 g/mol. The minimum atomic E-state index is 0.508. The Kier molecular flexibility index (Phi) is 2.72. The maximum Gasteiger partial charge on any atom is 0.200 e. The van der Waals surface area contributed by atoms with Gasteiger partial charge in [-0.15, -0.1) is 11.3 Å². The summed E-state index contributed by atoms with van der Waals surface area (Å²) in [6, 6.07) is 7.71. The Morgan fingerprint density at radius 3 is 3.00 bits per heavy atom. The fourth-order valence-corrected chi connectivity index (χ4v) is 3.38. The predicted molar refractivity (Wildman–Crippen MR) is 82.2 cm³/mol. The third-order valence-electron chi connectivity index (χ3n) is 3.24. The smallest absolute Gasteiger partial charge is 0.200 e. The van der Waals surface area contributed by atoms with Crippen LogP contribution in [0.1, 0.15) is 5.56 Å². The van der Waals surface area contributed by atoms with E-state index in [1.54, 1.807) is 11.3 Å². The van der Waals surface area contributed by atoms with Crippen LogP contribution in [0.5, 0.6) is 0 Å². The van der Waals surface area contributed by atoms with Crippen molar-refractivity contribution in [2.24, 2.45) is 0 Å². The number of hydrogen-bond donors (Lipinski definition) is 1. The molecule has 0 spiro atoms. The molecular formula is C13H9N5OS2. The summed E-state index contributed by atoms with van der Waals surface area (Å²) in [6.45, 7) is 2.05. The van der Waals surface area contributed by atoms with Gasteiger partial charge in [-0.1, -0.05) is 6.07 Å². The Balaban J connectivity index is 2.06. The number of benzene rings is 1. The van der Waals surface area contributed by atoms with Gasteiger partial charge >= 0.3 is 0 Å². The van der Waals surface area contributed by atoms with E-state index in [2.05, 4.69) is 26.6 Å². The Bertz CT molecular complexity index is 993. The van der Waals surface area contributed by atoms with E-state index in [-0.39, 0.29) is 0 Å². The number of thiophene rings is 1. The standard InChI is InChI=1S/C13H9N5OS2/c1-7-5-6-21-11(7)12-14-15-13(20)18(12)9-4-2-3-8-10(9)17-19-16-8/h2-6H,1H3,(H,15,20). The number of fused-ring (bicyclic) bond motifs is 1. The molecule has 0 atom stereocenters. The number of aromatic amines is 1. The normalized spacial score (nSPS) is 11.3. The molecule has 0 amide bonds. The number of rotatable bonds is 2. The van der Waals surface area contributed by atoms with Crippen LogP contribution < -0.4 is 0 Å². The molecule has 0 fully saturated rings. The average molecular weight is 315 g/mol. The van der Waals surface area contributed by atoms with E-state index in [4.69, 9.17) is 16.8 Å². The van der Waals surface area contributed by atoms with Gasteiger partial charge in [0.25, 0.3) is 0 Å². The highest BCUT2D eigenvalue weighted by molar-refractivity contribution is 7.71. The van der Waals surface area contributed by atoms with Crippen molar-refractivity contribution < 1.29 is 4.63 Å². The van der Waals surface area contributed by atoms with Crippen molar-refractivity contribution in [3.63, 3.8) is 0 Å². The van der Waals surface area contributed by atoms with Gasteiger partial charge < -0.3 is 0 Å². The molecule has 8 heteroatoms. The average Bonchev–Trinajstić information content (AvgIpc) is 3.17. The Hall–Kier alpha value is -2.32.